The van der Waals surface area contributed by atoms with Crippen LogP contribution in [0.4, 0.5) is 0 Å². The lowest BCUT2D eigenvalue weighted by Gasteiger charge is -2.06. The molecular formula is C24H43BrOS. The summed E-state index contributed by atoms with van der Waals surface area (Å²) in [5.74, 6) is 1.79. The quantitative estimate of drug-likeness (QED) is 0.211. The van der Waals surface area contributed by atoms with Crippen LogP contribution in [-0.4, -0.2) is 17.1 Å². The Morgan fingerprint density at radius 2 is 1.15 bits per heavy atom. The number of rotatable bonds is 17. The number of thiol groups is 1. The second-order valence-electron chi connectivity index (χ2n) is 7.85. The molecule has 0 bridgehead atoms. The number of phenols is 1. The van der Waals surface area contributed by atoms with Gasteiger partial charge in [-0.15, -0.1) is 0 Å². The molecule has 0 amide bonds. The van der Waals surface area contributed by atoms with Crippen LogP contribution in [0.25, 0.3) is 0 Å². The largest absolute Gasteiger partial charge is 1.00 e. The van der Waals surface area contributed by atoms with E-state index in [9.17, 15) is 5.11 Å². The van der Waals surface area contributed by atoms with Crippen molar-refractivity contribution in [3.8, 4) is 5.75 Å². The summed E-state index contributed by atoms with van der Waals surface area (Å²) in [5.41, 5.74) is 2.62. The van der Waals surface area contributed by atoms with Crippen LogP contribution in [-0.2, 0) is 18.2 Å². The molecule has 27 heavy (non-hydrogen) atoms. The van der Waals surface area contributed by atoms with Crippen LogP contribution < -0.4 is 17.0 Å². The third kappa shape index (κ3) is 15.4. The fourth-order valence-electron chi connectivity index (χ4n) is 3.67. The Bertz CT molecular complexity index is 450. The van der Waals surface area contributed by atoms with Crippen molar-refractivity contribution in [3.05, 3.63) is 29.3 Å². The first kappa shape index (κ1) is 26.9. The summed E-state index contributed by atoms with van der Waals surface area (Å²) >= 11 is 1.57. The van der Waals surface area contributed by atoms with Gasteiger partial charge in [-0.2, -0.15) is 0 Å². The van der Waals surface area contributed by atoms with Crippen molar-refractivity contribution in [2.24, 2.45) is 0 Å². The SMILES string of the molecule is C[SH+]CCCCCCCCCCCCCCCCc1ccc(O)cc1C.[Br-]. The van der Waals surface area contributed by atoms with Gasteiger partial charge in [0.25, 0.3) is 0 Å². The molecule has 1 N–H and O–H groups in total. The smallest absolute Gasteiger partial charge is 0.115 e. The number of halogens is 1. The highest BCUT2D eigenvalue weighted by Gasteiger charge is 2.00. The second kappa shape index (κ2) is 19.2. The van der Waals surface area contributed by atoms with Crippen molar-refractivity contribution in [1.82, 2.24) is 0 Å². The van der Waals surface area contributed by atoms with Gasteiger partial charge in [0.2, 0.25) is 0 Å². The van der Waals surface area contributed by atoms with Crippen LogP contribution in [0.3, 0.4) is 0 Å². The first-order valence-electron chi connectivity index (χ1n) is 11.1. The summed E-state index contributed by atoms with van der Waals surface area (Å²) < 4.78 is 0. The number of aryl methyl sites for hydroxylation is 2. The van der Waals surface area contributed by atoms with Crippen LogP contribution in [0.15, 0.2) is 18.2 Å². The molecule has 0 radical (unpaired) electrons. The molecule has 158 valence electrons. The Morgan fingerprint density at radius 1 is 0.704 bits per heavy atom. The monoisotopic (exact) mass is 458 g/mol. The van der Waals surface area contributed by atoms with E-state index in [-0.39, 0.29) is 17.0 Å². The van der Waals surface area contributed by atoms with Gasteiger partial charge in [-0.1, -0.05) is 76.7 Å². The predicted molar refractivity (Wildman–Crippen MR) is 121 cm³/mol. The van der Waals surface area contributed by atoms with Crippen molar-refractivity contribution in [3.63, 3.8) is 0 Å². The van der Waals surface area contributed by atoms with Gasteiger partial charge in [0.1, 0.15) is 11.5 Å². The van der Waals surface area contributed by atoms with E-state index >= 15 is 0 Å². The molecule has 0 saturated carbocycles. The van der Waals surface area contributed by atoms with E-state index in [4.69, 9.17) is 0 Å². The van der Waals surface area contributed by atoms with Gasteiger partial charge in [0, 0.05) is 0 Å². The Morgan fingerprint density at radius 3 is 1.59 bits per heavy atom. The van der Waals surface area contributed by atoms with E-state index in [0.717, 1.165) is 6.42 Å². The predicted octanol–water partition coefficient (Wildman–Crippen LogP) is 4.15. The van der Waals surface area contributed by atoms with Gasteiger partial charge < -0.3 is 22.1 Å². The van der Waals surface area contributed by atoms with Crippen LogP contribution in [0.5, 0.6) is 5.75 Å². The normalized spacial score (nSPS) is 10.7. The lowest BCUT2D eigenvalue weighted by Crippen LogP contribution is -3.00. The zero-order chi connectivity index (χ0) is 18.9. The summed E-state index contributed by atoms with van der Waals surface area (Å²) in [6.45, 7) is 2.10. The summed E-state index contributed by atoms with van der Waals surface area (Å²) in [4.78, 5) is 0. The van der Waals surface area contributed by atoms with Gasteiger partial charge in [-0.25, -0.2) is 0 Å². The molecule has 0 atom stereocenters. The number of unbranched alkanes of at least 4 members (excludes halogenated alkanes) is 13. The van der Waals surface area contributed by atoms with Crippen molar-refractivity contribution < 1.29 is 22.1 Å². The average molecular weight is 460 g/mol. The fourth-order valence-corrected chi connectivity index (χ4v) is 4.21. The minimum atomic E-state index is 0. The lowest BCUT2D eigenvalue weighted by atomic mass is 10.0. The van der Waals surface area contributed by atoms with Gasteiger partial charge in [-0.3, -0.25) is 0 Å². The minimum Gasteiger partial charge on any atom is -1.00 e. The third-order valence-corrected chi connectivity index (χ3v) is 6.17. The maximum absolute atomic E-state index is 9.45. The standard InChI is InChI=1S/C24H42OS.BrH/c1-22-21-24(25)19-18-23(22)17-15-13-11-9-7-5-3-4-6-8-10-12-14-16-20-26-2;/h18-19,21,25H,3-17,20H2,1-2H3;1H. The zero-order valence-corrected chi connectivity index (χ0v) is 20.3. The maximum Gasteiger partial charge on any atom is 0.115 e. The summed E-state index contributed by atoms with van der Waals surface area (Å²) in [6, 6.07) is 5.77. The highest BCUT2D eigenvalue weighted by Crippen LogP contribution is 2.18. The number of benzene rings is 1. The molecule has 0 aliphatic rings. The van der Waals surface area contributed by atoms with Crippen LogP contribution in [0.1, 0.15) is 101 Å². The maximum atomic E-state index is 9.45. The third-order valence-electron chi connectivity index (χ3n) is 5.40. The van der Waals surface area contributed by atoms with Crippen LogP contribution in [0, 0.1) is 6.92 Å². The van der Waals surface area contributed by atoms with Gasteiger partial charge in [-0.05, 0) is 67.6 Å². The van der Waals surface area contributed by atoms with E-state index in [1.54, 1.807) is 11.8 Å². The number of aromatic hydroxyl groups is 1. The first-order valence-corrected chi connectivity index (χ1v) is 12.6. The molecule has 0 fully saturated rings. The number of hydrogen-bond donors (Lipinski definition) is 1. The minimum absolute atomic E-state index is 0. The van der Waals surface area contributed by atoms with E-state index in [1.807, 2.05) is 12.1 Å². The topological polar surface area (TPSA) is 20.2 Å². The Kier molecular flexibility index (Phi) is 19.1. The Hall–Kier alpha value is -0.150. The highest BCUT2D eigenvalue weighted by atomic mass is 79.9. The molecule has 1 rings (SSSR count). The molecule has 0 heterocycles. The number of phenolic OH excluding ortho intramolecular Hbond substituents is 1. The van der Waals surface area contributed by atoms with Crippen molar-refractivity contribution in [2.75, 3.05) is 12.0 Å². The molecule has 1 aromatic carbocycles. The average Bonchev–Trinajstić information content (AvgIpc) is 2.63. The zero-order valence-electron chi connectivity index (χ0n) is 17.8. The molecular weight excluding hydrogens is 416 g/mol. The molecule has 3 heteroatoms. The van der Waals surface area contributed by atoms with E-state index < -0.39 is 0 Å². The first-order chi connectivity index (χ1) is 12.7. The molecule has 0 spiro atoms. The van der Waals surface area contributed by atoms with Crippen LogP contribution >= 0.6 is 0 Å². The van der Waals surface area contributed by atoms with Crippen molar-refractivity contribution in [1.29, 1.82) is 0 Å². The van der Waals surface area contributed by atoms with Crippen LogP contribution in [0.2, 0.25) is 0 Å². The summed E-state index contributed by atoms with van der Waals surface area (Å²) in [7, 11) is 0. The fraction of sp³-hybridized carbons (Fsp3) is 0.750. The van der Waals surface area contributed by atoms with Gasteiger partial charge in [0.05, 0.1) is 6.26 Å². The second-order valence-corrected chi connectivity index (χ2v) is 8.93. The number of hydrogen-bond acceptors (Lipinski definition) is 1. The molecule has 0 saturated heterocycles. The Balaban J connectivity index is 0.00000676. The van der Waals surface area contributed by atoms with E-state index in [0.29, 0.717) is 5.75 Å². The Labute approximate surface area is 183 Å². The molecule has 1 nitrogen and oxygen atoms in total. The van der Waals surface area contributed by atoms with Gasteiger partial charge >= 0.3 is 0 Å². The molecule has 0 aromatic heterocycles. The lowest BCUT2D eigenvalue weighted by molar-refractivity contribution is -0.00000670. The summed E-state index contributed by atoms with van der Waals surface area (Å²) in [5, 5.41) is 9.45. The molecule has 0 aliphatic carbocycles. The van der Waals surface area contributed by atoms with Gasteiger partial charge in [0.15, 0.2) is 0 Å². The van der Waals surface area contributed by atoms with E-state index in [1.165, 1.54) is 107 Å². The highest BCUT2D eigenvalue weighted by molar-refractivity contribution is 7.77. The van der Waals surface area contributed by atoms with E-state index in [2.05, 4.69) is 19.2 Å². The van der Waals surface area contributed by atoms with Crippen molar-refractivity contribution in [2.45, 2.75) is 103 Å². The van der Waals surface area contributed by atoms with Crippen molar-refractivity contribution >= 4 is 11.8 Å². The molecule has 0 unspecified atom stereocenters. The molecule has 0 aliphatic heterocycles. The summed E-state index contributed by atoms with van der Waals surface area (Å²) in [6.07, 6.45) is 23.3. The molecule has 1 aromatic rings.